The summed E-state index contributed by atoms with van der Waals surface area (Å²) in [4.78, 5) is 20.4. The number of benzene rings is 1. The lowest BCUT2D eigenvalue weighted by molar-refractivity contribution is 0.0950. The van der Waals surface area contributed by atoms with E-state index in [4.69, 9.17) is 5.11 Å². The summed E-state index contributed by atoms with van der Waals surface area (Å²) in [5.41, 5.74) is 1.64. The summed E-state index contributed by atoms with van der Waals surface area (Å²) in [6, 6.07) is 5.29. The quantitative estimate of drug-likeness (QED) is 0.901. The number of aromatic nitrogens is 2. The molecule has 0 aliphatic rings. The number of nitrogens with zero attached hydrogens (tertiary/aromatic N) is 2. The third kappa shape index (κ3) is 3.98. The van der Waals surface area contributed by atoms with Gasteiger partial charge in [-0.2, -0.15) is 0 Å². The van der Waals surface area contributed by atoms with Crippen molar-refractivity contribution < 1.29 is 14.3 Å². The molecule has 2 rings (SSSR count). The number of halogens is 1. The van der Waals surface area contributed by atoms with E-state index in [0.717, 1.165) is 17.5 Å². The average molecular weight is 289 g/mol. The molecule has 6 heteroatoms. The zero-order valence-electron chi connectivity index (χ0n) is 11.9. The molecular weight excluding hydrogens is 273 g/mol. The third-order valence-electron chi connectivity index (χ3n) is 2.86. The van der Waals surface area contributed by atoms with Gasteiger partial charge in [0.05, 0.1) is 5.56 Å². The van der Waals surface area contributed by atoms with E-state index in [-0.39, 0.29) is 11.3 Å². The van der Waals surface area contributed by atoms with Crippen molar-refractivity contribution in [2.45, 2.75) is 20.3 Å². The van der Waals surface area contributed by atoms with E-state index in [1.54, 1.807) is 0 Å². The smallest absolute Gasteiger partial charge is 0.254 e. The van der Waals surface area contributed by atoms with Gasteiger partial charge in [0.1, 0.15) is 17.4 Å². The van der Waals surface area contributed by atoms with Crippen LogP contribution in [0.1, 0.15) is 27.6 Å². The van der Waals surface area contributed by atoms with E-state index in [1.807, 2.05) is 19.9 Å². The molecule has 0 saturated carbocycles. The number of carbonyl (C=O) groups is 1. The van der Waals surface area contributed by atoms with Crippen LogP contribution < -0.4 is 5.32 Å². The number of aryl methyl sites for hydroxylation is 2. The van der Waals surface area contributed by atoms with Crippen LogP contribution in [-0.2, 0) is 6.42 Å². The van der Waals surface area contributed by atoms with Gasteiger partial charge in [-0.3, -0.25) is 4.79 Å². The normalized spacial score (nSPS) is 10.4. The maximum absolute atomic E-state index is 13.5. The first-order valence-electron chi connectivity index (χ1n) is 6.53. The fourth-order valence-electron chi connectivity index (χ4n) is 1.98. The van der Waals surface area contributed by atoms with Gasteiger partial charge in [-0.25, -0.2) is 14.4 Å². The van der Waals surface area contributed by atoms with Crippen LogP contribution in [0, 0.1) is 19.7 Å². The fourth-order valence-corrected chi connectivity index (χ4v) is 1.98. The molecule has 0 spiro atoms. The lowest BCUT2D eigenvalue weighted by Crippen LogP contribution is -2.27. The Morgan fingerprint density at radius 2 is 1.90 bits per heavy atom. The minimum Gasteiger partial charge on any atom is -0.508 e. The number of rotatable bonds is 4. The number of hydrogen-bond acceptors (Lipinski definition) is 4. The molecule has 1 aromatic carbocycles. The van der Waals surface area contributed by atoms with Gasteiger partial charge in [-0.05, 0) is 32.0 Å². The molecule has 0 bridgehead atoms. The molecule has 1 amide bonds. The van der Waals surface area contributed by atoms with Crippen molar-refractivity contribution >= 4 is 5.91 Å². The van der Waals surface area contributed by atoms with E-state index < -0.39 is 11.7 Å². The molecule has 1 heterocycles. The molecule has 0 aliphatic carbocycles. The second-order valence-electron chi connectivity index (χ2n) is 4.74. The van der Waals surface area contributed by atoms with Crippen LogP contribution in [0.25, 0.3) is 0 Å². The molecule has 0 atom stereocenters. The van der Waals surface area contributed by atoms with Crippen LogP contribution in [0.15, 0.2) is 24.3 Å². The molecule has 21 heavy (non-hydrogen) atoms. The van der Waals surface area contributed by atoms with Gasteiger partial charge in [-0.1, -0.05) is 0 Å². The number of hydrogen-bond donors (Lipinski definition) is 2. The Morgan fingerprint density at radius 1 is 1.24 bits per heavy atom. The van der Waals surface area contributed by atoms with E-state index in [1.165, 1.54) is 12.1 Å². The summed E-state index contributed by atoms with van der Waals surface area (Å²) in [7, 11) is 0. The van der Waals surface area contributed by atoms with Crippen LogP contribution in [0.3, 0.4) is 0 Å². The largest absolute Gasteiger partial charge is 0.508 e. The molecule has 2 aromatic rings. The maximum atomic E-state index is 13.5. The van der Waals surface area contributed by atoms with E-state index in [9.17, 15) is 9.18 Å². The Morgan fingerprint density at radius 3 is 2.52 bits per heavy atom. The molecule has 0 radical (unpaired) electrons. The summed E-state index contributed by atoms with van der Waals surface area (Å²) < 4.78 is 13.5. The van der Waals surface area contributed by atoms with Gasteiger partial charge in [0.15, 0.2) is 0 Å². The first-order chi connectivity index (χ1) is 9.95. The second kappa shape index (κ2) is 6.30. The highest BCUT2D eigenvalue weighted by Gasteiger charge is 2.11. The molecule has 0 aliphatic heterocycles. The Labute approximate surface area is 121 Å². The van der Waals surface area contributed by atoms with Crippen LogP contribution in [0.2, 0.25) is 0 Å². The van der Waals surface area contributed by atoms with Crippen molar-refractivity contribution in [1.29, 1.82) is 0 Å². The average Bonchev–Trinajstić information content (AvgIpc) is 2.37. The van der Waals surface area contributed by atoms with Crippen molar-refractivity contribution in [2.75, 3.05) is 6.54 Å². The molecule has 1 aromatic heterocycles. The van der Waals surface area contributed by atoms with Gasteiger partial charge in [0.2, 0.25) is 0 Å². The van der Waals surface area contributed by atoms with Crippen LogP contribution in [-0.4, -0.2) is 27.5 Å². The Kier molecular flexibility index (Phi) is 4.47. The Bertz CT molecular complexity index is 654. The van der Waals surface area contributed by atoms with Gasteiger partial charge in [-0.15, -0.1) is 0 Å². The number of aromatic hydroxyl groups is 1. The number of phenolic OH excluding ortho intramolecular Hbond substituents is 1. The second-order valence-corrected chi connectivity index (χ2v) is 4.74. The first kappa shape index (κ1) is 14.9. The van der Waals surface area contributed by atoms with Crippen molar-refractivity contribution in [1.82, 2.24) is 15.3 Å². The number of amides is 1. The summed E-state index contributed by atoms with van der Waals surface area (Å²) in [6.07, 6.45) is 0.466. The standard InChI is InChI=1S/C15H16FN3O2/c1-9-7-10(2)19-14(18-9)5-6-17-15(21)12-4-3-11(20)8-13(12)16/h3-4,7-8,20H,5-6H2,1-2H3,(H,17,21). The number of nitrogens with one attached hydrogen (secondary N) is 1. The highest BCUT2D eigenvalue weighted by molar-refractivity contribution is 5.94. The highest BCUT2D eigenvalue weighted by atomic mass is 19.1. The summed E-state index contributed by atoms with van der Waals surface area (Å²) >= 11 is 0. The summed E-state index contributed by atoms with van der Waals surface area (Å²) in [5, 5.41) is 11.7. The third-order valence-corrected chi connectivity index (χ3v) is 2.86. The molecule has 2 N–H and O–H groups in total. The van der Waals surface area contributed by atoms with Crippen LogP contribution in [0.5, 0.6) is 5.75 Å². The predicted octanol–water partition coefficient (Wildman–Crippen LogP) is 1.91. The highest BCUT2D eigenvalue weighted by Crippen LogP contribution is 2.14. The van der Waals surface area contributed by atoms with Gasteiger partial charge in [0.25, 0.3) is 5.91 Å². The van der Waals surface area contributed by atoms with E-state index in [2.05, 4.69) is 15.3 Å². The zero-order valence-corrected chi connectivity index (χ0v) is 11.9. The van der Waals surface area contributed by atoms with Crippen molar-refractivity contribution in [2.24, 2.45) is 0 Å². The monoisotopic (exact) mass is 289 g/mol. The summed E-state index contributed by atoms with van der Waals surface area (Å²) in [6.45, 7) is 4.06. The van der Waals surface area contributed by atoms with Crippen LogP contribution in [0.4, 0.5) is 4.39 Å². The minimum absolute atomic E-state index is 0.103. The summed E-state index contributed by atoms with van der Waals surface area (Å²) in [5.74, 6) is -0.862. The topological polar surface area (TPSA) is 75.1 Å². The number of phenols is 1. The van der Waals surface area contributed by atoms with Gasteiger partial charge < -0.3 is 10.4 Å². The van der Waals surface area contributed by atoms with Crippen LogP contribution >= 0.6 is 0 Å². The van der Waals surface area contributed by atoms with Crippen molar-refractivity contribution in [3.8, 4) is 5.75 Å². The van der Waals surface area contributed by atoms with E-state index >= 15 is 0 Å². The lowest BCUT2D eigenvalue weighted by atomic mass is 10.2. The van der Waals surface area contributed by atoms with Crippen molar-refractivity contribution in [3.63, 3.8) is 0 Å². The Hall–Kier alpha value is -2.50. The SMILES string of the molecule is Cc1cc(C)nc(CCNC(=O)c2ccc(O)cc2F)n1. The molecule has 0 saturated heterocycles. The minimum atomic E-state index is -0.754. The van der Waals surface area contributed by atoms with Gasteiger partial charge in [0, 0.05) is 30.4 Å². The molecule has 0 unspecified atom stereocenters. The lowest BCUT2D eigenvalue weighted by Gasteiger charge is -2.07. The fraction of sp³-hybridized carbons (Fsp3) is 0.267. The Balaban J connectivity index is 1.95. The van der Waals surface area contributed by atoms with Gasteiger partial charge >= 0.3 is 0 Å². The predicted molar refractivity (Wildman–Crippen MR) is 75.6 cm³/mol. The first-order valence-corrected chi connectivity index (χ1v) is 6.53. The maximum Gasteiger partial charge on any atom is 0.254 e. The molecular formula is C15H16FN3O2. The molecule has 0 fully saturated rings. The zero-order chi connectivity index (χ0) is 15.4. The molecule has 110 valence electrons. The van der Waals surface area contributed by atoms with E-state index in [0.29, 0.717) is 18.8 Å². The van der Waals surface area contributed by atoms with Crippen molar-refractivity contribution in [3.05, 3.63) is 52.9 Å². The number of carbonyl (C=O) groups excluding carboxylic acids is 1. The molecule has 5 nitrogen and oxygen atoms in total.